The van der Waals surface area contributed by atoms with E-state index in [1.807, 2.05) is 0 Å². The van der Waals surface area contributed by atoms with Crippen LogP contribution >= 0.6 is 0 Å². The second-order valence-corrected chi connectivity index (χ2v) is 3.57. The van der Waals surface area contributed by atoms with E-state index in [2.05, 4.69) is 14.5 Å². The Morgan fingerprint density at radius 2 is 2.05 bits per heavy atom. The Balaban J connectivity index is 3.57. The molecule has 0 amide bonds. The van der Waals surface area contributed by atoms with E-state index in [-0.39, 0.29) is 6.61 Å². The van der Waals surface area contributed by atoms with Crippen LogP contribution in [0.25, 0.3) is 0 Å². The molecule has 0 N–H and O–H groups in total. The molecule has 1 aromatic heterocycles. The molecule has 0 aliphatic rings. The summed E-state index contributed by atoms with van der Waals surface area (Å²) in [6.45, 7) is 1.02. The quantitative estimate of drug-likeness (QED) is 0.357. The summed E-state index contributed by atoms with van der Waals surface area (Å²) in [4.78, 5) is 23.6. The lowest BCUT2D eigenvalue weighted by molar-refractivity contribution is -0.390. The van der Waals surface area contributed by atoms with Crippen LogP contribution in [0.3, 0.4) is 0 Å². The predicted molar refractivity (Wildman–Crippen MR) is 58.5 cm³/mol. The van der Waals surface area contributed by atoms with Gasteiger partial charge in [0, 0.05) is 4.98 Å². The number of esters is 1. The minimum absolute atomic E-state index is 0.285. The monoisotopic (exact) mass is 330 g/mol. The number of nitro groups is 1. The molecule has 0 aromatic carbocycles. The van der Waals surface area contributed by atoms with Gasteiger partial charge < -0.3 is 19.6 Å². The van der Waals surface area contributed by atoms with Crippen LogP contribution in [0.1, 0.15) is 29.3 Å². The van der Waals surface area contributed by atoms with Gasteiger partial charge in [0.2, 0.25) is 0 Å². The van der Waals surface area contributed by atoms with Crippen LogP contribution in [0, 0.1) is 10.1 Å². The third-order valence-corrected chi connectivity index (χ3v) is 2.12. The molecule has 22 heavy (non-hydrogen) atoms. The van der Waals surface area contributed by atoms with Gasteiger partial charge in [-0.05, 0) is 11.8 Å². The topological polar surface area (TPSA) is 91.6 Å². The molecule has 122 valence electrons. The first-order chi connectivity index (χ1) is 10.1. The number of rotatable bonds is 5. The number of carbonyl (C=O) groups excluding carboxylic acids is 1. The van der Waals surface area contributed by atoms with Crippen molar-refractivity contribution in [2.75, 3.05) is 6.61 Å². The summed E-state index contributed by atoms with van der Waals surface area (Å²) in [6.07, 6.45) is -9.04. The van der Waals surface area contributed by atoms with Crippen molar-refractivity contribution in [3.63, 3.8) is 0 Å². The third kappa shape index (κ3) is 4.23. The summed E-state index contributed by atoms with van der Waals surface area (Å²) >= 11 is 0. The Morgan fingerprint density at radius 1 is 1.45 bits per heavy atom. The van der Waals surface area contributed by atoms with Crippen LogP contribution in [0.2, 0.25) is 0 Å². The molecule has 1 rings (SSSR count). The molecule has 0 unspecified atom stereocenters. The van der Waals surface area contributed by atoms with E-state index in [9.17, 15) is 36.9 Å². The molecule has 0 aliphatic carbocycles. The van der Waals surface area contributed by atoms with Crippen LogP contribution in [0.15, 0.2) is 6.07 Å². The SMILES string of the molecule is CCOC(=O)c1cc([N+](=O)[O-])nc(OC(F)(F)F)c1C(F)F. The zero-order valence-corrected chi connectivity index (χ0v) is 10.7. The summed E-state index contributed by atoms with van der Waals surface area (Å²) < 4.78 is 70.1. The highest BCUT2D eigenvalue weighted by atomic mass is 19.4. The third-order valence-electron chi connectivity index (χ3n) is 2.12. The van der Waals surface area contributed by atoms with Gasteiger partial charge in [0.25, 0.3) is 6.43 Å². The fourth-order valence-corrected chi connectivity index (χ4v) is 1.39. The van der Waals surface area contributed by atoms with Gasteiger partial charge in [0.15, 0.2) is 0 Å². The number of pyridine rings is 1. The van der Waals surface area contributed by atoms with Crippen LogP contribution < -0.4 is 4.74 Å². The lowest BCUT2D eigenvalue weighted by Gasteiger charge is -2.12. The lowest BCUT2D eigenvalue weighted by Crippen LogP contribution is -2.21. The van der Waals surface area contributed by atoms with Gasteiger partial charge in [-0.1, -0.05) is 0 Å². The van der Waals surface area contributed by atoms with E-state index < -0.39 is 46.5 Å². The van der Waals surface area contributed by atoms with Gasteiger partial charge in [-0.2, -0.15) is 0 Å². The molecule has 7 nitrogen and oxygen atoms in total. The number of halogens is 5. The van der Waals surface area contributed by atoms with Crippen molar-refractivity contribution < 1.29 is 41.1 Å². The van der Waals surface area contributed by atoms with Crippen molar-refractivity contribution in [2.45, 2.75) is 19.7 Å². The van der Waals surface area contributed by atoms with Crippen molar-refractivity contribution in [2.24, 2.45) is 0 Å². The van der Waals surface area contributed by atoms with Gasteiger partial charge in [-0.3, -0.25) is 0 Å². The first-order valence-electron chi connectivity index (χ1n) is 5.47. The van der Waals surface area contributed by atoms with E-state index in [0.717, 1.165) is 0 Å². The molecule has 0 aliphatic heterocycles. The van der Waals surface area contributed by atoms with Crippen molar-refractivity contribution in [3.8, 4) is 5.88 Å². The Bertz CT molecular complexity index is 590. The van der Waals surface area contributed by atoms with Crippen LogP contribution in [0.4, 0.5) is 27.8 Å². The number of hydrogen-bond acceptors (Lipinski definition) is 6. The van der Waals surface area contributed by atoms with E-state index >= 15 is 0 Å². The number of carbonyl (C=O) groups is 1. The summed E-state index contributed by atoms with van der Waals surface area (Å²) in [5.41, 5.74) is -2.67. The molecule has 0 radical (unpaired) electrons. The van der Waals surface area contributed by atoms with Crippen molar-refractivity contribution in [1.82, 2.24) is 4.98 Å². The normalized spacial score (nSPS) is 11.4. The molecule has 0 saturated heterocycles. The average molecular weight is 330 g/mol. The second kappa shape index (κ2) is 6.49. The van der Waals surface area contributed by atoms with Gasteiger partial charge >= 0.3 is 24.0 Å². The smallest absolute Gasteiger partial charge is 0.462 e. The minimum atomic E-state index is -5.43. The molecule has 1 aromatic rings. The second-order valence-electron chi connectivity index (χ2n) is 3.57. The number of nitrogens with zero attached hydrogens (tertiary/aromatic N) is 2. The first-order valence-corrected chi connectivity index (χ1v) is 5.47. The Labute approximate surface area is 118 Å². The Kier molecular flexibility index (Phi) is 5.17. The standard InChI is InChI=1S/C10H7F5N2O5/c1-2-21-9(18)4-3-5(17(19)20)16-8(6(4)7(11)12)22-10(13,14)15/h3,7H,2H2,1H3. The maximum atomic E-state index is 12.9. The molecule has 0 spiro atoms. The maximum absolute atomic E-state index is 12.9. The number of ether oxygens (including phenoxy) is 2. The van der Waals surface area contributed by atoms with Crippen LogP contribution in [-0.4, -0.2) is 28.8 Å². The van der Waals surface area contributed by atoms with Gasteiger partial charge in [-0.15, -0.1) is 13.2 Å². The van der Waals surface area contributed by atoms with E-state index in [1.54, 1.807) is 0 Å². The molecule has 12 heteroatoms. The molecular formula is C10H7F5N2O5. The average Bonchev–Trinajstić information content (AvgIpc) is 2.35. The van der Waals surface area contributed by atoms with Crippen LogP contribution in [-0.2, 0) is 4.74 Å². The fraction of sp³-hybridized carbons (Fsp3) is 0.400. The predicted octanol–water partition coefficient (Wildman–Crippen LogP) is 3.00. The Morgan fingerprint density at radius 3 is 2.45 bits per heavy atom. The van der Waals surface area contributed by atoms with Crippen molar-refractivity contribution in [1.29, 1.82) is 0 Å². The van der Waals surface area contributed by atoms with E-state index in [4.69, 9.17) is 0 Å². The van der Waals surface area contributed by atoms with Gasteiger partial charge in [0.1, 0.15) is 5.56 Å². The summed E-state index contributed by atoms with van der Waals surface area (Å²) in [6, 6.07) is 0.294. The number of hydrogen-bond donors (Lipinski definition) is 0. The van der Waals surface area contributed by atoms with Crippen molar-refractivity contribution >= 4 is 11.8 Å². The summed E-state index contributed by atoms with van der Waals surface area (Å²) in [5.74, 6) is -4.51. The number of aromatic nitrogens is 1. The van der Waals surface area contributed by atoms with Crippen LogP contribution in [0.5, 0.6) is 5.88 Å². The first kappa shape index (κ1) is 17.5. The highest BCUT2D eigenvalue weighted by Crippen LogP contribution is 2.36. The molecule has 0 atom stereocenters. The molecule has 0 fully saturated rings. The van der Waals surface area contributed by atoms with E-state index in [0.29, 0.717) is 6.07 Å². The minimum Gasteiger partial charge on any atom is -0.462 e. The van der Waals surface area contributed by atoms with Crippen molar-refractivity contribution in [3.05, 3.63) is 27.3 Å². The summed E-state index contributed by atoms with van der Waals surface area (Å²) in [5, 5.41) is 10.6. The highest BCUT2D eigenvalue weighted by molar-refractivity contribution is 5.92. The van der Waals surface area contributed by atoms with E-state index in [1.165, 1.54) is 6.92 Å². The van der Waals surface area contributed by atoms with Gasteiger partial charge in [-0.25, -0.2) is 13.6 Å². The lowest BCUT2D eigenvalue weighted by atomic mass is 10.1. The fourth-order valence-electron chi connectivity index (χ4n) is 1.39. The molecule has 1 heterocycles. The van der Waals surface area contributed by atoms with Gasteiger partial charge in [0.05, 0.1) is 18.2 Å². The summed E-state index contributed by atoms with van der Waals surface area (Å²) in [7, 11) is 0. The highest BCUT2D eigenvalue weighted by Gasteiger charge is 2.40. The molecular weight excluding hydrogens is 323 g/mol. The molecule has 0 saturated carbocycles. The maximum Gasteiger partial charge on any atom is 0.575 e. The zero-order valence-electron chi connectivity index (χ0n) is 10.7. The Hall–Kier alpha value is -2.53. The largest absolute Gasteiger partial charge is 0.575 e. The molecule has 0 bridgehead atoms. The number of alkyl halides is 5. The zero-order chi connectivity index (χ0) is 17.1.